The molecule has 4 heteroatoms. The molecule has 7 aromatic carbocycles. The minimum absolute atomic E-state index is 1.02. The van der Waals surface area contributed by atoms with Crippen LogP contribution < -0.4 is 9.80 Å². The fraction of sp³-hybridized carbons (Fsp3) is 0.0833. The smallest absolute Gasteiger partial charge is 0.0540 e. The first-order chi connectivity index (χ1) is 25.6. The minimum Gasteiger partial charge on any atom is -0.314 e. The van der Waals surface area contributed by atoms with Crippen LogP contribution in [0.15, 0.2) is 163 Å². The molecule has 0 bridgehead atoms. The average molecular weight is 705 g/mol. The van der Waals surface area contributed by atoms with Gasteiger partial charge in [0.25, 0.3) is 0 Å². The maximum Gasteiger partial charge on any atom is 0.0540 e. The Hall–Kier alpha value is -5.68. The molecule has 0 saturated carbocycles. The number of para-hydroxylation sites is 1. The summed E-state index contributed by atoms with van der Waals surface area (Å²) in [6.07, 6.45) is 8.82. The van der Waals surface area contributed by atoms with Crippen LogP contribution in [-0.2, 0) is 0 Å². The van der Waals surface area contributed by atoms with Crippen molar-refractivity contribution in [3.63, 3.8) is 0 Å². The van der Waals surface area contributed by atoms with Gasteiger partial charge < -0.3 is 9.80 Å². The van der Waals surface area contributed by atoms with Crippen LogP contribution in [0.2, 0.25) is 0 Å². The minimum atomic E-state index is 1.02. The predicted molar refractivity (Wildman–Crippen MR) is 229 cm³/mol. The van der Waals surface area contributed by atoms with Crippen LogP contribution >= 0.6 is 22.7 Å². The Balaban J connectivity index is 1.19. The second-order valence-electron chi connectivity index (χ2n) is 13.8. The van der Waals surface area contributed by atoms with E-state index < -0.39 is 0 Å². The first-order valence-corrected chi connectivity index (χ1v) is 19.6. The second-order valence-corrected chi connectivity index (χ2v) is 15.9. The van der Waals surface area contributed by atoms with Crippen LogP contribution in [0, 0.1) is 13.8 Å². The van der Waals surface area contributed by atoms with Gasteiger partial charge in [-0.15, -0.1) is 22.7 Å². The van der Waals surface area contributed by atoms with E-state index in [-0.39, 0.29) is 0 Å². The zero-order chi connectivity index (χ0) is 34.8. The molecule has 9 aromatic rings. The lowest BCUT2D eigenvalue weighted by atomic mass is 9.98. The molecule has 0 unspecified atom stereocenters. The summed E-state index contributed by atoms with van der Waals surface area (Å²) < 4.78 is 5.38. The monoisotopic (exact) mass is 704 g/mol. The highest BCUT2D eigenvalue weighted by Crippen LogP contribution is 2.51. The van der Waals surface area contributed by atoms with Crippen LogP contribution in [0.4, 0.5) is 28.4 Å². The highest BCUT2D eigenvalue weighted by molar-refractivity contribution is 7.33. The third-order valence-corrected chi connectivity index (χ3v) is 12.9. The summed E-state index contributed by atoms with van der Waals surface area (Å²) in [6.45, 7) is 4.30. The Morgan fingerprint density at radius 3 is 1.48 bits per heavy atom. The van der Waals surface area contributed by atoms with E-state index in [1.165, 1.54) is 85.0 Å². The summed E-state index contributed by atoms with van der Waals surface area (Å²) in [5.74, 6) is 0. The standard InChI is InChI=1S/C48H36N2S2/c1-31-17-21-35(22-18-31)49(33-11-5-3-6-12-33)37-25-27-41-43(29-37)51-47-45(41)39-15-9-10-16-40(39)46-42-28-26-38(30-44(42)52-48(46)47)50(34-13-7-4-8-14-34)36-23-19-32(2)20-24-36/h3-7,9-13,15-30H,8,14H2,1-2H3. The molecule has 2 nitrogen and oxygen atoms in total. The Morgan fingerprint density at radius 2 is 0.942 bits per heavy atom. The van der Waals surface area contributed by atoms with Crippen LogP contribution in [0.25, 0.3) is 51.1 Å². The third kappa shape index (κ3) is 5.13. The molecule has 0 radical (unpaired) electrons. The van der Waals surface area contributed by atoms with Gasteiger partial charge in [0.15, 0.2) is 0 Å². The first kappa shape index (κ1) is 31.1. The number of aryl methyl sites for hydroxylation is 2. The molecule has 1 aliphatic carbocycles. The number of hydrogen-bond donors (Lipinski definition) is 0. The van der Waals surface area contributed by atoms with Gasteiger partial charge in [0.05, 0.1) is 9.40 Å². The summed E-state index contributed by atoms with van der Waals surface area (Å²) in [5, 5.41) is 8.04. The van der Waals surface area contributed by atoms with Gasteiger partial charge in [0.2, 0.25) is 0 Å². The molecule has 0 amide bonds. The van der Waals surface area contributed by atoms with E-state index in [0.29, 0.717) is 0 Å². The third-order valence-electron chi connectivity index (χ3n) is 10.4. The molecule has 0 atom stereocenters. The van der Waals surface area contributed by atoms with Crippen LogP contribution in [0.3, 0.4) is 0 Å². The Bertz CT molecular complexity index is 2860. The van der Waals surface area contributed by atoms with Crippen LogP contribution in [0.1, 0.15) is 24.0 Å². The van der Waals surface area contributed by atoms with E-state index in [0.717, 1.165) is 24.2 Å². The molecule has 0 spiro atoms. The van der Waals surface area contributed by atoms with E-state index in [2.05, 4.69) is 181 Å². The Kier molecular flexibility index (Phi) is 7.49. The normalized spacial score (nSPS) is 13.1. The van der Waals surface area contributed by atoms with Crippen LogP contribution in [0.5, 0.6) is 0 Å². The zero-order valence-electron chi connectivity index (χ0n) is 29.1. The number of hydrogen-bond acceptors (Lipinski definition) is 4. The van der Waals surface area contributed by atoms with Crippen molar-refractivity contribution in [3.05, 3.63) is 175 Å². The van der Waals surface area contributed by atoms with Crippen molar-refractivity contribution in [1.29, 1.82) is 0 Å². The van der Waals surface area contributed by atoms with E-state index in [9.17, 15) is 0 Å². The quantitative estimate of drug-likeness (QED) is 0.170. The summed E-state index contributed by atoms with van der Waals surface area (Å²) in [4.78, 5) is 4.82. The van der Waals surface area contributed by atoms with Gasteiger partial charge in [-0.2, -0.15) is 0 Å². The number of thiophene rings is 2. The zero-order valence-corrected chi connectivity index (χ0v) is 30.8. The van der Waals surface area contributed by atoms with E-state index >= 15 is 0 Å². The summed E-state index contributed by atoms with van der Waals surface area (Å²) >= 11 is 3.88. The molecule has 1 aliphatic rings. The summed E-state index contributed by atoms with van der Waals surface area (Å²) in [6, 6.07) is 51.7. The van der Waals surface area contributed by atoms with Crippen molar-refractivity contribution in [3.8, 4) is 0 Å². The molecular formula is C48H36N2S2. The maximum atomic E-state index is 2.45. The topological polar surface area (TPSA) is 6.48 Å². The SMILES string of the molecule is Cc1ccc(N(C2=CC=CCC2)c2ccc3c(c2)sc2c4sc5cc(N(c6ccccc6)c6ccc(C)cc6)ccc5c4c4ccccc4c32)cc1. The average Bonchev–Trinajstić information content (AvgIpc) is 3.77. The Morgan fingerprint density at radius 1 is 0.462 bits per heavy atom. The summed E-state index contributed by atoms with van der Waals surface area (Å²) in [7, 11) is 0. The van der Waals surface area contributed by atoms with Gasteiger partial charge in [-0.05, 0) is 104 Å². The van der Waals surface area contributed by atoms with Crippen molar-refractivity contribution in [2.24, 2.45) is 0 Å². The second kappa shape index (κ2) is 12.5. The molecular weight excluding hydrogens is 669 g/mol. The highest BCUT2D eigenvalue weighted by atomic mass is 32.1. The van der Waals surface area contributed by atoms with E-state index in [1.54, 1.807) is 0 Å². The molecule has 250 valence electrons. The highest BCUT2D eigenvalue weighted by Gasteiger charge is 2.22. The fourth-order valence-electron chi connectivity index (χ4n) is 7.89. The van der Waals surface area contributed by atoms with Gasteiger partial charge in [0, 0.05) is 65.1 Å². The van der Waals surface area contributed by atoms with Crippen molar-refractivity contribution >= 4 is 102 Å². The molecule has 2 heterocycles. The number of nitrogens with zero attached hydrogens (tertiary/aromatic N) is 2. The molecule has 0 saturated heterocycles. The molecule has 0 aliphatic heterocycles. The number of fused-ring (bicyclic) bond motifs is 10. The number of benzene rings is 7. The molecule has 0 N–H and O–H groups in total. The van der Waals surface area contributed by atoms with E-state index in [1.807, 2.05) is 22.7 Å². The fourth-order valence-corrected chi connectivity index (χ4v) is 10.5. The number of rotatable bonds is 6. The molecule has 0 fully saturated rings. The summed E-state index contributed by atoms with van der Waals surface area (Å²) in [5.41, 5.74) is 9.75. The number of allylic oxidation sites excluding steroid dienone is 4. The van der Waals surface area contributed by atoms with Gasteiger partial charge in [-0.25, -0.2) is 0 Å². The predicted octanol–water partition coefficient (Wildman–Crippen LogP) is 15.0. The van der Waals surface area contributed by atoms with E-state index in [4.69, 9.17) is 0 Å². The van der Waals surface area contributed by atoms with Gasteiger partial charge in [-0.3, -0.25) is 0 Å². The van der Waals surface area contributed by atoms with Crippen molar-refractivity contribution in [2.45, 2.75) is 26.7 Å². The maximum absolute atomic E-state index is 2.45. The Labute approximate surface area is 311 Å². The molecule has 2 aromatic heterocycles. The van der Waals surface area contributed by atoms with Crippen LogP contribution in [-0.4, -0.2) is 0 Å². The lowest BCUT2D eigenvalue weighted by Gasteiger charge is -2.29. The molecule has 52 heavy (non-hydrogen) atoms. The number of anilines is 5. The van der Waals surface area contributed by atoms with Crippen molar-refractivity contribution in [2.75, 3.05) is 9.80 Å². The largest absolute Gasteiger partial charge is 0.314 e. The van der Waals surface area contributed by atoms with Gasteiger partial charge in [-0.1, -0.05) is 102 Å². The van der Waals surface area contributed by atoms with Crippen molar-refractivity contribution < 1.29 is 0 Å². The van der Waals surface area contributed by atoms with Gasteiger partial charge in [0.1, 0.15) is 0 Å². The van der Waals surface area contributed by atoms with Crippen molar-refractivity contribution in [1.82, 2.24) is 0 Å². The lowest BCUT2D eigenvalue weighted by molar-refractivity contribution is 0.918. The van der Waals surface area contributed by atoms with Gasteiger partial charge >= 0.3 is 0 Å². The first-order valence-electron chi connectivity index (χ1n) is 18.0. The molecule has 10 rings (SSSR count). The lowest BCUT2D eigenvalue weighted by Crippen LogP contribution is -2.17.